The Hall–Kier alpha value is -3.99. The molecule has 11 heteroatoms. The molecule has 0 unspecified atom stereocenters. The number of fused-ring (bicyclic) bond motifs is 1. The van der Waals surface area contributed by atoms with Crippen molar-refractivity contribution in [1.29, 1.82) is 0 Å². The molecule has 1 saturated heterocycles. The van der Waals surface area contributed by atoms with Gasteiger partial charge in [-0.2, -0.15) is 0 Å². The monoisotopic (exact) mass is 577 g/mol. The summed E-state index contributed by atoms with van der Waals surface area (Å²) in [6, 6.07) is 14.5. The second kappa shape index (κ2) is 10.8. The number of carbonyl (C=O) groups excluding carboxylic acids is 1. The molecule has 1 saturated carbocycles. The average molecular weight is 578 g/mol. The number of ether oxygens (including phenoxy) is 2. The number of thiazole rings is 1. The van der Waals surface area contributed by atoms with E-state index in [9.17, 15) is 9.59 Å². The molecule has 4 aromatic rings. The van der Waals surface area contributed by atoms with E-state index in [1.165, 1.54) is 23.0 Å². The van der Waals surface area contributed by atoms with Crippen LogP contribution in [0.1, 0.15) is 55.6 Å². The number of anilines is 1. The van der Waals surface area contributed by atoms with Crippen molar-refractivity contribution in [2.24, 2.45) is 0 Å². The Morgan fingerprint density at radius 1 is 1.17 bits per heavy atom. The van der Waals surface area contributed by atoms with E-state index in [-0.39, 0.29) is 29.8 Å². The predicted octanol–water partition coefficient (Wildman–Crippen LogP) is 4.72. The Balaban J connectivity index is 1.33. The molecule has 2 aromatic carbocycles. The second-order valence-corrected chi connectivity index (χ2v) is 11.6. The third-order valence-electron chi connectivity index (χ3n) is 7.88. The predicted molar refractivity (Wildman–Crippen MR) is 156 cm³/mol. The van der Waals surface area contributed by atoms with Crippen LogP contribution < -0.4 is 25.2 Å². The van der Waals surface area contributed by atoms with Crippen molar-refractivity contribution < 1.29 is 18.7 Å². The minimum Gasteiger partial charge on any atom is -0.497 e. The first-order valence-electron chi connectivity index (χ1n) is 13.7. The van der Waals surface area contributed by atoms with Gasteiger partial charge in [0.2, 0.25) is 5.91 Å². The van der Waals surface area contributed by atoms with Crippen LogP contribution >= 0.6 is 11.3 Å². The van der Waals surface area contributed by atoms with Gasteiger partial charge in [0.05, 0.1) is 26.8 Å². The van der Waals surface area contributed by atoms with Gasteiger partial charge in [-0.15, -0.1) is 0 Å². The number of halogens is 1. The lowest BCUT2D eigenvalue weighted by Crippen LogP contribution is -2.44. The van der Waals surface area contributed by atoms with Crippen molar-refractivity contribution in [1.82, 2.24) is 19.9 Å². The van der Waals surface area contributed by atoms with E-state index in [0.29, 0.717) is 52.8 Å². The molecule has 2 atom stereocenters. The van der Waals surface area contributed by atoms with Crippen molar-refractivity contribution in [3.05, 3.63) is 75.8 Å². The molecule has 2 aliphatic rings. The van der Waals surface area contributed by atoms with Crippen molar-refractivity contribution in [3.8, 4) is 11.5 Å². The van der Waals surface area contributed by atoms with Gasteiger partial charge in [-0.25, -0.2) is 14.4 Å². The molecule has 6 rings (SSSR count). The van der Waals surface area contributed by atoms with Crippen molar-refractivity contribution in [2.45, 2.75) is 56.9 Å². The van der Waals surface area contributed by atoms with E-state index >= 15 is 4.39 Å². The average Bonchev–Trinajstić information content (AvgIpc) is 3.36. The number of methoxy groups -OCH3 is 2. The fourth-order valence-electron chi connectivity index (χ4n) is 5.40. The van der Waals surface area contributed by atoms with E-state index < -0.39 is 17.3 Å². The van der Waals surface area contributed by atoms with Gasteiger partial charge in [-0.1, -0.05) is 41.7 Å². The van der Waals surface area contributed by atoms with Gasteiger partial charge in [0.25, 0.3) is 5.56 Å². The zero-order valence-corrected chi connectivity index (χ0v) is 24.0. The number of hydrogen-bond acceptors (Lipinski definition) is 8. The normalized spacial score (nSPS) is 18.3. The van der Waals surface area contributed by atoms with Crippen molar-refractivity contribution in [3.63, 3.8) is 0 Å². The Labute approximate surface area is 240 Å². The third-order valence-corrected chi connectivity index (χ3v) is 8.87. The Kier molecular flexibility index (Phi) is 7.14. The van der Waals surface area contributed by atoms with Crippen LogP contribution in [-0.2, 0) is 17.0 Å². The molecular formula is C30H32FN5O4S. The summed E-state index contributed by atoms with van der Waals surface area (Å²) in [5.74, 6) is 1.16. The van der Waals surface area contributed by atoms with Crippen LogP contribution in [0.3, 0.4) is 0 Å². The number of nitrogens with one attached hydrogen (secondary N) is 1. The van der Waals surface area contributed by atoms with Crippen LogP contribution in [0, 0.1) is 0 Å². The standard InChI is InChI=1S/C30H32FN5O4S/c1-18(19-8-5-4-6-9-19)32-25(37)22-10-7-15-35(22)29-33-24-26(41-29)34-28(30(31)13-14-30)36(27(24)38)17-20-11-12-21(39-2)16-23(20)40-3/h4-6,8-9,11-12,16,18,22H,7,10,13-15,17H2,1-3H3,(H,32,37)/t18-,22-/m1/s1. The lowest BCUT2D eigenvalue weighted by Gasteiger charge is -2.25. The van der Waals surface area contributed by atoms with Gasteiger partial charge in [-0.3, -0.25) is 14.2 Å². The van der Waals surface area contributed by atoms with Crippen LogP contribution in [0.5, 0.6) is 11.5 Å². The highest BCUT2D eigenvalue weighted by molar-refractivity contribution is 7.21. The minimum atomic E-state index is -1.65. The number of aromatic nitrogens is 3. The molecule has 1 aliphatic heterocycles. The molecule has 2 fully saturated rings. The quantitative estimate of drug-likeness (QED) is 0.307. The molecule has 0 spiro atoms. The third kappa shape index (κ3) is 5.14. The summed E-state index contributed by atoms with van der Waals surface area (Å²) >= 11 is 1.23. The first-order valence-corrected chi connectivity index (χ1v) is 14.6. The molecule has 9 nitrogen and oxygen atoms in total. The minimum absolute atomic E-state index is 0.0783. The summed E-state index contributed by atoms with van der Waals surface area (Å²) in [5, 5.41) is 3.67. The van der Waals surface area contributed by atoms with E-state index in [1.54, 1.807) is 25.3 Å². The number of hydrogen-bond donors (Lipinski definition) is 1. The summed E-state index contributed by atoms with van der Waals surface area (Å²) in [5.41, 5.74) is -0.167. The number of rotatable bonds is 9. The van der Waals surface area contributed by atoms with E-state index in [1.807, 2.05) is 42.2 Å². The zero-order valence-electron chi connectivity index (χ0n) is 23.2. The van der Waals surface area contributed by atoms with Gasteiger partial charge in [0, 0.05) is 18.2 Å². The smallest absolute Gasteiger partial charge is 0.281 e. The molecule has 0 radical (unpaired) electrons. The summed E-state index contributed by atoms with van der Waals surface area (Å²) in [4.78, 5) is 38.8. The summed E-state index contributed by atoms with van der Waals surface area (Å²) < 4.78 is 27.8. The Morgan fingerprint density at radius 2 is 1.95 bits per heavy atom. The van der Waals surface area contributed by atoms with Crippen molar-refractivity contribution >= 4 is 32.7 Å². The van der Waals surface area contributed by atoms with E-state index in [0.717, 1.165) is 12.0 Å². The molecule has 1 amide bonds. The number of benzene rings is 2. The summed E-state index contributed by atoms with van der Waals surface area (Å²) in [7, 11) is 3.10. The van der Waals surface area contributed by atoms with Gasteiger partial charge < -0.3 is 19.7 Å². The Bertz CT molecular complexity index is 1650. The summed E-state index contributed by atoms with van der Waals surface area (Å²) in [6.07, 6.45) is 2.12. The van der Waals surface area contributed by atoms with Crippen LogP contribution in [-0.4, -0.2) is 47.2 Å². The summed E-state index contributed by atoms with van der Waals surface area (Å²) in [6.45, 7) is 2.67. The van der Waals surface area contributed by atoms with Crippen LogP contribution in [0.4, 0.5) is 9.52 Å². The van der Waals surface area contributed by atoms with Gasteiger partial charge in [0.1, 0.15) is 17.5 Å². The van der Waals surface area contributed by atoms with Gasteiger partial charge >= 0.3 is 0 Å². The SMILES string of the molecule is COc1ccc(Cn2c(C3(F)CC3)nc3sc(N4CCC[C@@H]4C(=O)N[C@H](C)c4ccccc4)nc3c2=O)c(OC)c1. The second-order valence-electron chi connectivity index (χ2n) is 10.6. The number of alkyl halides is 1. The number of carbonyl (C=O) groups is 1. The van der Waals surface area contributed by atoms with E-state index in [2.05, 4.69) is 15.3 Å². The topological polar surface area (TPSA) is 98.6 Å². The first-order chi connectivity index (χ1) is 19.8. The molecular weight excluding hydrogens is 545 g/mol. The lowest BCUT2D eigenvalue weighted by molar-refractivity contribution is -0.122. The molecule has 1 aliphatic carbocycles. The van der Waals surface area contributed by atoms with E-state index in [4.69, 9.17) is 9.47 Å². The van der Waals surface area contributed by atoms with Crippen LogP contribution in [0.25, 0.3) is 10.3 Å². The molecule has 41 heavy (non-hydrogen) atoms. The molecule has 214 valence electrons. The number of amides is 1. The maximum absolute atomic E-state index is 15.6. The molecule has 2 aromatic heterocycles. The maximum Gasteiger partial charge on any atom is 0.281 e. The van der Waals surface area contributed by atoms with Crippen molar-refractivity contribution in [2.75, 3.05) is 25.7 Å². The van der Waals surface area contributed by atoms with Gasteiger partial charge in [0.15, 0.2) is 27.0 Å². The number of nitrogens with zero attached hydrogens (tertiary/aromatic N) is 4. The highest BCUT2D eigenvalue weighted by Gasteiger charge is 2.49. The zero-order chi connectivity index (χ0) is 28.7. The largest absolute Gasteiger partial charge is 0.497 e. The molecule has 3 heterocycles. The highest BCUT2D eigenvalue weighted by atomic mass is 32.1. The lowest BCUT2D eigenvalue weighted by atomic mass is 10.1. The Morgan fingerprint density at radius 3 is 2.66 bits per heavy atom. The maximum atomic E-state index is 15.6. The molecule has 0 bridgehead atoms. The fraction of sp³-hybridized carbons (Fsp3) is 0.400. The van der Waals surface area contributed by atoms with Crippen LogP contribution in [0.2, 0.25) is 0 Å². The first kappa shape index (κ1) is 27.2. The fourth-order valence-corrected chi connectivity index (χ4v) is 6.40. The van der Waals surface area contributed by atoms with Crippen LogP contribution in [0.15, 0.2) is 53.3 Å². The molecule has 1 N–H and O–H groups in total. The highest BCUT2D eigenvalue weighted by Crippen LogP contribution is 2.49. The van der Waals surface area contributed by atoms with Gasteiger partial charge in [-0.05, 0) is 50.3 Å².